The number of aliphatic hydroxyl groups excluding tert-OH is 1. The molecule has 1 aliphatic heterocycles. The van der Waals surface area contributed by atoms with Crippen LogP contribution in [0.1, 0.15) is 63.2 Å². The Morgan fingerprint density at radius 1 is 1.27 bits per heavy atom. The Labute approximate surface area is 222 Å². The van der Waals surface area contributed by atoms with Gasteiger partial charge in [0.25, 0.3) is 5.91 Å². The SMILES string of the molecule is CNC[C@H]1OCCCC[C@H](C)Oc2ccc(NC(=O)CCCN(C)C)cc2C(=O)N([C@H](C)CO)C[C@@H]1C. The van der Waals surface area contributed by atoms with Crippen LogP contribution in [0.5, 0.6) is 5.75 Å². The first-order chi connectivity index (χ1) is 17.7. The zero-order chi connectivity index (χ0) is 27.4. The summed E-state index contributed by atoms with van der Waals surface area (Å²) >= 11 is 0. The van der Waals surface area contributed by atoms with E-state index >= 15 is 0 Å². The first kappa shape index (κ1) is 31.0. The molecule has 0 bridgehead atoms. The third-order valence-electron chi connectivity index (χ3n) is 6.75. The molecule has 1 aromatic carbocycles. The normalized spacial score (nSPS) is 22.6. The van der Waals surface area contributed by atoms with E-state index in [0.717, 1.165) is 32.2 Å². The van der Waals surface area contributed by atoms with Crippen molar-refractivity contribution in [3.63, 3.8) is 0 Å². The highest BCUT2D eigenvalue weighted by Gasteiger charge is 2.29. The van der Waals surface area contributed by atoms with Crippen molar-refractivity contribution in [2.75, 3.05) is 59.3 Å². The summed E-state index contributed by atoms with van der Waals surface area (Å²) in [4.78, 5) is 30.2. The van der Waals surface area contributed by atoms with Crippen LogP contribution in [0.25, 0.3) is 0 Å². The molecule has 37 heavy (non-hydrogen) atoms. The van der Waals surface area contributed by atoms with Crippen LogP contribution in [0.15, 0.2) is 18.2 Å². The van der Waals surface area contributed by atoms with Gasteiger partial charge in [-0.2, -0.15) is 0 Å². The van der Waals surface area contributed by atoms with Crippen LogP contribution in [-0.2, 0) is 9.53 Å². The fraction of sp³-hybridized carbons (Fsp3) is 0.714. The summed E-state index contributed by atoms with van der Waals surface area (Å²) in [5, 5.41) is 16.1. The second-order valence-corrected chi connectivity index (χ2v) is 10.5. The van der Waals surface area contributed by atoms with E-state index in [0.29, 0.717) is 43.1 Å². The van der Waals surface area contributed by atoms with Crippen LogP contribution in [0.2, 0.25) is 0 Å². The number of likely N-dealkylation sites (N-methyl/N-ethyl adjacent to an activating group) is 1. The third kappa shape index (κ3) is 10.2. The number of benzene rings is 1. The molecule has 9 heteroatoms. The maximum Gasteiger partial charge on any atom is 0.258 e. The van der Waals surface area contributed by atoms with E-state index in [4.69, 9.17) is 9.47 Å². The fourth-order valence-electron chi connectivity index (χ4n) is 4.47. The van der Waals surface area contributed by atoms with Crippen molar-refractivity contribution < 1.29 is 24.2 Å². The summed E-state index contributed by atoms with van der Waals surface area (Å²) in [5.74, 6) is 0.201. The predicted octanol–water partition coefficient (Wildman–Crippen LogP) is 2.98. The number of carbonyl (C=O) groups excluding carboxylic acids is 2. The smallest absolute Gasteiger partial charge is 0.258 e. The Balaban J connectivity index is 2.38. The molecule has 1 heterocycles. The Hall–Kier alpha value is -2.20. The lowest BCUT2D eigenvalue weighted by Crippen LogP contribution is -2.47. The molecule has 1 aromatic rings. The molecule has 0 saturated carbocycles. The first-order valence-electron chi connectivity index (χ1n) is 13.6. The highest BCUT2D eigenvalue weighted by molar-refractivity contribution is 5.99. The quantitative estimate of drug-likeness (QED) is 0.460. The van der Waals surface area contributed by atoms with Crippen LogP contribution in [0, 0.1) is 5.92 Å². The number of fused-ring (bicyclic) bond motifs is 1. The Bertz CT molecular complexity index is 850. The molecule has 0 unspecified atom stereocenters. The van der Waals surface area contributed by atoms with Crippen LogP contribution >= 0.6 is 0 Å². The van der Waals surface area contributed by atoms with Crippen LogP contribution in [0.4, 0.5) is 5.69 Å². The lowest BCUT2D eigenvalue weighted by atomic mass is 10.0. The van der Waals surface area contributed by atoms with E-state index in [-0.39, 0.29) is 36.5 Å². The topological polar surface area (TPSA) is 103 Å². The van der Waals surface area contributed by atoms with Crippen molar-refractivity contribution >= 4 is 17.5 Å². The summed E-state index contributed by atoms with van der Waals surface area (Å²) < 4.78 is 12.4. The van der Waals surface area contributed by atoms with Crippen molar-refractivity contribution in [3.8, 4) is 5.75 Å². The van der Waals surface area contributed by atoms with Gasteiger partial charge in [-0.1, -0.05) is 6.92 Å². The van der Waals surface area contributed by atoms with Crippen molar-refractivity contribution in [2.45, 2.75) is 71.1 Å². The van der Waals surface area contributed by atoms with Gasteiger partial charge < -0.3 is 35.0 Å². The maximum atomic E-state index is 14.0. The van der Waals surface area contributed by atoms with Crippen molar-refractivity contribution in [1.29, 1.82) is 0 Å². The Kier molecular flexibility index (Phi) is 13.3. The first-order valence-corrected chi connectivity index (χ1v) is 13.6. The molecule has 4 atom stereocenters. The fourth-order valence-corrected chi connectivity index (χ4v) is 4.47. The van der Waals surface area contributed by atoms with Crippen LogP contribution in [-0.4, -0.2) is 99.0 Å². The maximum absolute atomic E-state index is 14.0. The zero-order valence-electron chi connectivity index (χ0n) is 23.6. The molecular formula is C28H48N4O5. The molecule has 1 aliphatic rings. The number of aliphatic hydroxyl groups is 1. The largest absolute Gasteiger partial charge is 0.490 e. The summed E-state index contributed by atoms with van der Waals surface area (Å²) in [5.41, 5.74) is 0.939. The van der Waals surface area contributed by atoms with E-state index in [9.17, 15) is 14.7 Å². The van der Waals surface area contributed by atoms with Gasteiger partial charge >= 0.3 is 0 Å². The number of nitrogens with one attached hydrogen (secondary N) is 2. The second-order valence-electron chi connectivity index (χ2n) is 10.5. The number of amides is 2. The van der Waals surface area contributed by atoms with E-state index < -0.39 is 6.04 Å². The molecule has 3 N–H and O–H groups in total. The second kappa shape index (κ2) is 15.9. The highest BCUT2D eigenvalue weighted by atomic mass is 16.5. The van der Waals surface area contributed by atoms with E-state index in [1.165, 1.54) is 0 Å². The van der Waals surface area contributed by atoms with Gasteiger partial charge in [-0.3, -0.25) is 9.59 Å². The minimum absolute atomic E-state index is 0.0382. The molecule has 0 spiro atoms. The van der Waals surface area contributed by atoms with Crippen molar-refractivity contribution in [2.24, 2.45) is 5.92 Å². The van der Waals surface area contributed by atoms with Crippen LogP contribution in [0.3, 0.4) is 0 Å². The van der Waals surface area contributed by atoms with Gasteiger partial charge in [0, 0.05) is 37.7 Å². The van der Waals surface area contributed by atoms with Gasteiger partial charge in [0.15, 0.2) is 0 Å². The predicted molar refractivity (Wildman–Crippen MR) is 147 cm³/mol. The van der Waals surface area contributed by atoms with Gasteiger partial charge in [0.1, 0.15) is 5.75 Å². The van der Waals surface area contributed by atoms with Gasteiger partial charge in [0.05, 0.1) is 30.4 Å². The average molecular weight is 521 g/mol. The lowest BCUT2D eigenvalue weighted by molar-refractivity contribution is -0.116. The van der Waals surface area contributed by atoms with Gasteiger partial charge in [-0.15, -0.1) is 0 Å². The molecule has 0 fully saturated rings. The van der Waals surface area contributed by atoms with E-state index in [1.807, 2.05) is 39.9 Å². The number of hydrogen-bond acceptors (Lipinski definition) is 7. The van der Waals surface area contributed by atoms with Gasteiger partial charge in [-0.25, -0.2) is 0 Å². The van der Waals surface area contributed by atoms with Crippen molar-refractivity contribution in [1.82, 2.24) is 15.1 Å². The third-order valence-corrected chi connectivity index (χ3v) is 6.75. The number of ether oxygens (including phenoxy) is 2. The summed E-state index contributed by atoms with van der Waals surface area (Å²) in [7, 11) is 5.85. The molecule has 2 amide bonds. The molecule has 0 saturated heterocycles. The average Bonchev–Trinajstić information content (AvgIpc) is 2.85. The van der Waals surface area contributed by atoms with Gasteiger partial charge in [0.2, 0.25) is 5.91 Å². The molecule has 2 rings (SSSR count). The van der Waals surface area contributed by atoms with E-state index in [1.54, 1.807) is 23.1 Å². The molecule has 0 aromatic heterocycles. The molecule has 0 radical (unpaired) electrons. The Morgan fingerprint density at radius 3 is 2.70 bits per heavy atom. The molecule has 210 valence electrons. The minimum Gasteiger partial charge on any atom is -0.490 e. The van der Waals surface area contributed by atoms with Crippen LogP contribution < -0.4 is 15.4 Å². The number of hydrogen-bond donors (Lipinski definition) is 3. The molecule has 9 nitrogen and oxygen atoms in total. The molecule has 0 aliphatic carbocycles. The number of nitrogens with zero attached hydrogens (tertiary/aromatic N) is 2. The Morgan fingerprint density at radius 2 is 2.03 bits per heavy atom. The number of anilines is 1. The lowest BCUT2D eigenvalue weighted by Gasteiger charge is -2.34. The monoisotopic (exact) mass is 520 g/mol. The number of rotatable bonds is 9. The number of carbonyl (C=O) groups is 2. The standard InChI is InChI=1S/C28H48N4O5/c1-20-18-32(21(2)19-33)28(35)24-16-23(30-27(34)11-9-14-31(5)6)12-13-25(24)37-22(3)10-7-8-15-36-26(20)17-29-4/h12-13,16,20-22,26,29,33H,7-11,14-15,17-19H2,1-6H3,(H,30,34)/t20-,21+,22-,26+/m0/s1. The van der Waals surface area contributed by atoms with Crippen molar-refractivity contribution in [3.05, 3.63) is 23.8 Å². The molecular weight excluding hydrogens is 472 g/mol. The summed E-state index contributed by atoms with van der Waals surface area (Å²) in [6.45, 7) is 8.32. The minimum atomic E-state index is -0.396. The summed E-state index contributed by atoms with van der Waals surface area (Å²) in [6, 6.07) is 4.85. The zero-order valence-corrected chi connectivity index (χ0v) is 23.6. The van der Waals surface area contributed by atoms with Gasteiger partial charge in [-0.05, 0) is 85.4 Å². The van der Waals surface area contributed by atoms with E-state index in [2.05, 4.69) is 17.6 Å². The summed E-state index contributed by atoms with van der Waals surface area (Å²) in [6.07, 6.45) is 3.73. The highest BCUT2D eigenvalue weighted by Crippen LogP contribution is 2.28.